The molecule has 0 radical (unpaired) electrons. The van der Waals surface area contributed by atoms with Crippen molar-refractivity contribution in [2.45, 2.75) is 58.2 Å². The second-order valence-electron chi connectivity index (χ2n) is 11.1. The summed E-state index contributed by atoms with van der Waals surface area (Å²) in [6, 6.07) is 19.7. The number of methoxy groups -OCH3 is 1. The van der Waals surface area contributed by atoms with Crippen LogP contribution in [-0.2, 0) is 32.4 Å². The Kier molecular flexibility index (Phi) is 9.85. The van der Waals surface area contributed by atoms with Crippen LogP contribution >= 0.6 is 0 Å². The van der Waals surface area contributed by atoms with Gasteiger partial charge in [0.05, 0.1) is 31.8 Å². The largest absolute Gasteiger partial charge is 0.494 e. The number of rotatable bonds is 11. The van der Waals surface area contributed by atoms with E-state index in [0.717, 1.165) is 33.6 Å². The van der Waals surface area contributed by atoms with Crippen LogP contribution < -0.4 is 14.2 Å². The molecule has 1 aliphatic heterocycles. The highest BCUT2D eigenvalue weighted by atomic mass is 32.2. The number of sulfone groups is 1. The van der Waals surface area contributed by atoms with Gasteiger partial charge in [-0.1, -0.05) is 30.2 Å². The maximum Gasteiger partial charge on any atom is 0.307 e. The van der Waals surface area contributed by atoms with Crippen molar-refractivity contribution in [3.63, 3.8) is 0 Å². The third kappa shape index (κ3) is 8.53. The van der Waals surface area contributed by atoms with Crippen molar-refractivity contribution in [3.8, 4) is 40.2 Å². The lowest BCUT2D eigenvalue weighted by Gasteiger charge is -2.25. The zero-order valence-corrected chi connectivity index (χ0v) is 25.7. The minimum Gasteiger partial charge on any atom is -0.494 e. The summed E-state index contributed by atoms with van der Waals surface area (Å²) in [5, 5.41) is 0. The minimum absolute atomic E-state index is 0.102. The number of hydrogen-bond donors (Lipinski definition) is 0. The van der Waals surface area contributed by atoms with E-state index in [1.807, 2.05) is 54.6 Å². The summed E-state index contributed by atoms with van der Waals surface area (Å²) >= 11 is 0. The third-order valence-corrected chi connectivity index (χ3v) is 7.98. The lowest BCUT2D eigenvalue weighted by molar-refractivity contribution is -0.140. The molecule has 3 aromatic rings. The smallest absolute Gasteiger partial charge is 0.307 e. The monoisotopic (exact) mass is 590 g/mol. The molecule has 42 heavy (non-hydrogen) atoms. The van der Waals surface area contributed by atoms with Crippen LogP contribution in [-0.4, -0.2) is 45.7 Å². The predicted octanol–water partition coefficient (Wildman–Crippen LogP) is 6.13. The fourth-order valence-electron chi connectivity index (χ4n) is 4.98. The van der Waals surface area contributed by atoms with Gasteiger partial charge in [-0.3, -0.25) is 4.79 Å². The summed E-state index contributed by atoms with van der Waals surface area (Å²) in [5.41, 5.74) is 4.65. The molecule has 4 rings (SSSR count). The summed E-state index contributed by atoms with van der Waals surface area (Å²) in [6.45, 7) is 6.59. The molecular formula is C34H38O7S. The fraction of sp³-hybridized carbons (Fsp3) is 0.382. The Hall–Kier alpha value is -3.96. The first-order valence-corrected chi connectivity index (χ1v) is 16.0. The quantitative estimate of drug-likeness (QED) is 0.151. The molecule has 3 aromatic carbocycles. The summed E-state index contributed by atoms with van der Waals surface area (Å²) in [4.78, 5) is 11.8. The molecule has 1 aliphatic rings. The molecule has 8 heteroatoms. The molecule has 222 valence electrons. The van der Waals surface area contributed by atoms with Gasteiger partial charge in [0.15, 0.2) is 0 Å². The van der Waals surface area contributed by atoms with E-state index in [-0.39, 0.29) is 24.1 Å². The van der Waals surface area contributed by atoms with Crippen LogP contribution in [0.4, 0.5) is 0 Å². The molecule has 0 amide bonds. The molecule has 0 spiro atoms. The van der Waals surface area contributed by atoms with Gasteiger partial charge in [-0.05, 0) is 85.8 Å². The molecular weight excluding hydrogens is 552 g/mol. The highest BCUT2D eigenvalue weighted by Gasteiger charge is 2.28. The van der Waals surface area contributed by atoms with E-state index in [9.17, 15) is 13.2 Å². The molecule has 1 atom stereocenters. The van der Waals surface area contributed by atoms with Crippen molar-refractivity contribution in [1.29, 1.82) is 0 Å². The molecule has 0 saturated heterocycles. The number of ether oxygens (including phenoxy) is 4. The van der Waals surface area contributed by atoms with Crippen molar-refractivity contribution < 1.29 is 32.2 Å². The second-order valence-corrected chi connectivity index (χ2v) is 13.4. The van der Waals surface area contributed by atoms with Gasteiger partial charge in [-0.2, -0.15) is 0 Å². The van der Waals surface area contributed by atoms with Crippen molar-refractivity contribution in [3.05, 3.63) is 77.4 Å². The van der Waals surface area contributed by atoms with E-state index in [2.05, 4.69) is 31.8 Å². The number of carbonyl (C=O) groups excluding carboxylic acids is 1. The minimum atomic E-state index is -3.01. The molecule has 0 fully saturated rings. The van der Waals surface area contributed by atoms with E-state index in [1.165, 1.54) is 13.4 Å². The van der Waals surface area contributed by atoms with E-state index >= 15 is 0 Å². The molecule has 0 aromatic heterocycles. The summed E-state index contributed by atoms with van der Waals surface area (Å²) in [6.07, 6.45) is 2.57. The highest BCUT2D eigenvalue weighted by Crippen LogP contribution is 2.41. The van der Waals surface area contributed by atoms with Crippen LogP contribution in [0.2, 0.25) is 0 Å². The maximum absolute atomic E-state index is 11.8. The first kappa shape index (κ1) is 31.0. The predicted molar refractivity (Wildman–Crippen MR) is 164 cm³/mol. The van der Waals surface area contributed by atoms with Gasteiger partial charge in [0.1, 0.15) is 39.3 Å². The van der Waals surface area contributed by atoms with Crippen LogP contribution in [0.1, 0.15) is 56.2 Å². The zero-order chi connectivity index (χ0) is 30.3. The van der Waals surface area contributed by atoms with Gasteiger partial charge >= 0.3 is 5.97 Å². The summed E-state index contributed by atoms with van der Waals surface area (Å²) in [5.74, 6) is 7.77. The van der Waals surface area contributed by atoms with E-state index in [4.69, 9.17) is 18.9 Å². The van der Waals surface area contributed by atoms with Gasteiger partial charge in [-0.25, -0.2) is 8.42 Å². The SMILES string of the molecule is CC#CC(CC(=O)OC)c1ccc(OCc2ccc3c(c2)-c2ccc(OCCCS(C)(=O)=O)cc2CC(C)(C)O3)cc1. The summed E-state index contributed by atoms with van der Waals surface area (Å²) < 4.78 is 46.1. The van der Waals surface area contributed by atoms with Crippen LogP contribution in [0.15, 0.2) is 60.7 Å². The van der Waals surface area contributed by atoms with E-state index < -0.39 is 15.4 Å². The molecule has 0 bridgehead atoms. The van der Waals surface area contributed by atoms with Crippen LogP contribution in [0.25, 0.3) is 11.1 Å². The average molecular weight is 591 g/mol. The Morgan fingerprint density at radius 2 is 1.74 bits per heavy atom. The Bertz CT molecular complexity index is 1580. The number of hydrogen-bond acceptors (Lipinski definition) is 7. The lowest BCUT2D eigenvalue weighted by atomic mass is 9.92. The topological polar surface area (TPSA) is 88.1 Å². The van der Waals surface area contributed by atoms with E-state index in [0.29, 0.717) is 37.6 Å². The third-order valence-electron chi connectivity index (χ3n) is 6.95. The van der Waals surface area contributed by atoms with Crippen LogP contribution in [0.5, 0.6) is 17.2 Å². The molecule has 0 saturated carbocycles. The van der Waals surface area contributed by atoms with Crippen molar-refractivity contribution in [2.24, 2.45) is 0 Å². The second kappa shape index (κ2) is 13.3. The van der Waals surface area contributed by atoms with Gasteiger partial charge in [0, 0.05) is 18.2 Å². The van der Waals surface area contributed by atoms with Gasteiger partial charge in [0.25, 0.3) is 0 Å². The Labute approximate surface area is 249 Å². The Morgan fingerprint density at radius 1 is 1.00 bits per heavy atom. The molecule has 1 unspecified atom stereocenters. The Morgan fingerprint density at radius 3 is 2.43 bits per heavy atom. The standard InChI is InChI=1S/C34H38O7S/c1-6-8-26(21-33(35)38-4)25-10-12-28(13-11-25)40-23-24-9-16-32-31(19-24)30-15-14-29(39-17-7-18-42(5,36)37)20-27(30)22-34(2,3)41-32/h9-16,19-20,26H,7,17-18,21-23H2,1-5H3. The normalized spacial score (nSPS) is 14.1. The van der Waals surface area contributed by atoms with Crippen molar-refractivity contribution in [2.75, 3.05) is 25.7 Å². The fourth-order valence-corrected chi connectivity index (χ4v) is 5.62. The van der Waals surface area contributed by atoms with Gasteiger partial charge < -0.3 is 18.9 Å². The van der Waals surface area contributed by atoms with Crippen LogP contribution in [0.3, 0.4) is 0 Å². The van der Waals surface area contributed by atoms with Gasteiger partial charge in [-0.15, -0.1) is 5.92 Å². The molecule has 0 N–H and O–H groups in total. The van der Waals surface area contributed by atoms with Crippen molar-refractivity contribution in [1.82, 2.24) is 0 Å². The number of fused-ring (bicyclic) bond motifs is 3. The van der Waals surface area contributed by atoms with Crippen LogP contribution in [0, 0.1) is 11.8 Å². The highest BCUT2D eigenvalue weighted by molar-refractivity contribution is 7.90. The maximum atomic E-state index is 11.8. The first-order valence-electron chi connectivity index (χ1n) is 13.9. The molecule has 0 aliphatic carbocycles. The summed E-state index contributed by atoms with van der Waals surface area (Å²) in [7, 11) is -1.64. The molecule has 7 nitrogen and oxygen atoms in total. The number of benzene rings is 3. The molecule has 1 heterocycles. The van der Waals surface area contributed by atoms with E-state index in [1.54, 1.807) is 6.92 Å². The van der Waals surface area contributed by atoms with Gasteiger partial charge in [0.2, 0.25) is 0 Å². The zero-order valence-electron chi connectivity index (χ0n) is 24.9. The van der Waals surface area contributed by atoms with Crippen molar-refractivity contribution >= 4 is 15.8 Å². The first-order chi connectivity index (χ1) is 20.0. The average Bonchev–Trinajstić information content (AvgIpc) is 3.05. The Balaban J connectivity index is 1.49. The number of esters is 1. The number of carbonyl (C=O) groups is 1. The lowest BCUT2D eigenvalue weighted by Crippen LogP contribution is -2.30.